The van der Waals surface area contributed by atoms with E-state index in [2.05, 4.69) is 10.3 Å². The van der Waals surface area contributed by atoms with E-state index in [4.69, 9.17) is 0 Å². The van der Waals surface area contributed by atoms with Crippen molar-refractivity contribution < 1.29 is 4.79 Å². The van der Waals surface area contributed by atoms with E-state index >= 15 is 0 Å². The Morgan fingerprint density at radius 2 is 1.69 bits per heavy atom. The van der Waals surface area contributed by atoms with Gasteiger partial charge in [0.25, 0.3) is 11.5 Å². The lowest BCUT2D eigenvalue weighted by Crippen LogP contribution is -2.35. The summed E-state index contributed by atoms with van der Waals surface area (Å²) in [5.41, 5.74) is 3.18. The first-order valence-electron chi connectivity index (χ1n) is 9.49. The zero-order valence-electron chi connectivity index (χ0n) is 16.1. The molecule has 4 aromatic rings. The molecular formula is C24H21N3O2. The number of nitrogens with one attached hydrogen (secondary N) is 1. The summed E-state index contributed by atoms with van der Waals surface area (Å²) in [6.45, 7) is 1.89. The van der Waals surface area contributed by atoms with Gasteiger partial charge in [0, 0.05) is 12.4 Å². The van der Waals surface area contributed by atoms with Crippen molar-refractivity contribution >= 4 is 11.6 Å². The number of fused-ring (bicyclic) bond motifs is 1. The van der Waals surface area contributed by atoms with Crippen molar-refractivity contribution in [2.75, 3.05) is 0 Å². The lowest BCUT2D eigenvalue weighted by atomic mass is 9.98. The van der Waals surface area contributed by atoms with Crippen molar-refractivity contribution in [3.8, 4) is 0 Å². The van der Waals surface area contributed by atoms with Crippen molar-refractivity contribution in [2.45, 2.75) is 19.4 Å². The second-order valence-corrected chi connectivity index (χ2v) is 7.04. The van der Waals surface area contributed by atoms with Gasteiger partial charge in [-0.25, -0.2) is 4.98 Å². The third kappa shape index (κ3) is 4.09. The number of rotatable bonds is 5. The molecule has 0 saturated heterocycles. The number of aromatic nitrogens is 2. The summed E-state index contributed by atoms with van der Waals surface area (Å²) in [6, 6.07) is 23.1. The quantitative estimate of drug-likeness (QED) is 0.571. The van der Waals surface area contributed by atoms with Gasteiger partial charge in [-0.05, 0) is 36.1 Å². The van der Waals surface area contributed by atoms with Crippen LogP contribution in [0.1, 0.15) is 33.1 Å². The van der Waals surface area contributed by atoms with E-state index in [1.165, 1.54) is 10.6 Å². The second-order valence-electron chi connectivity index (χ2n) is 7.04. The molecular weight excluding hydrogens is 362 g/mol. The standard InChI is InChI=1S/C24H21N3O2/c1-17-12-13-22-25-15-20(24(29)27(22)16-17)23(28)26-21(19-10-6-3-7-11-19)14-18-8-4-2-5-9-18/h2-13,15-16,21H,14H2,1H3,(H,26,28). The first-order chi connectivity index (χ1) is 14.1. The molecule has 2 aromatic heterocycles. The molecule has 5 heteroatoms. The van der Waals surface area contributed by atoms with Gasteiger partial charge in [-0.1, -0.05) is 66.7 Å². The average Bonchev–Trinajstić information content (AvgIpc) is 2.75. The molecule has 1 atom stereocenters. The Hall–Kier alpha value is -3.73. The van der Waals surface area contributed by atoms with E-state index in [0.717, 1.165) is 16.7 Å². The molecule has 1 N–H and O–H groups in total. The fourth-order valence-corrected chi connectivity index (χ4v) is 3.36. The molecule has 144 valence electrons. The average molecular weight is 383 g/mol. The number of pyridine rings is 1. The summed E-state index contributed by atoms with van der Waals surface area (Å²) < 4.78 is 1.42. The Balaban J connectivity index is 1.67. The summed E-state index contributed by atoms with van der Waals surface area (Å²) in [4.78, 5) is 30.1. The number of carbonyl (C=O) groups excluding carboxylic acids is 1. The topological polar surface area (TPSA) is 63.5 Å². The lowest BCUT2D eigenvalue weighted by molar-refractivity contribution is 0.0934. The van der Waals surface area contributed by atoms with E-state index in [0.29, 0.717) is 12.1 Å². The molecule has 4 rings (SSSR count). The summed E-state index contributed by atoms with van der Waals surface area (Å²) in [7, 11) is 0. The van der Waals surface area contributed by atoms with Crippen LogP contribution < -0.4 is 10.9 Å². The van der Waals surface area contributed by atoms with E-state index in [1.807, 2.05) is 73.7 Å². The molecule has 0 aliphatic rings. The minimum Gasteiger partial charge on any atom is -0.345 e. The second kappa shape index (κ2) is 8.10. The molecule has 29 heavy (non-hydrogen) atoms. The third-order valence-electron chi connectivity index (χ3n) is 4.88. The van der Waals surface area contributed by atoms with E-state index in [9.17, 15) is 9.59 Å². The van der Waals surface area contributed by atoms with Crippen LogP contribution in [-0.4, -0.2) is 15.3 Å². The minimum atomic E-state index is -0.428. The molecule has 0 radical (unpaired) electrons. The van der Waals surface area contributed by atoms with Crippen molar-refractivity contribution in [2.24, 2.45) is 0 Å². The van der Waals surface area contributed by atoms with Gasteiger partial charge in [0.15, 0.2) is 0 Å². The smallest absolute Gasteiger partial charge is 0.270 e. The molecule has 0 aliphatic carbocycles. The SMILES string of the molecule is Cc1ccc2ncc(C(=O)NC(Cc3ccccc3)c3ccccc3)c(=O)n2c1. The van der Waals surface area contributed by atoms with Crippen molar-refractivity contribution in [1.29, 1.82) is 0 Å². The molecule has 5 nitrogen and oxygen atoms in total. The molecule has 1 unspecified atom stereocenters. The number of nitrogens with zero attached hydrogens (tertiary/aromatic N) is 2. The van der Waals surface area contributed by atoms with Gasteiger partial charge >= 0.3 is 0 Å². The molecule has 0 spiro atoms. The molecule has 2 heterocycles. The normalized spacial score (nSPS) is 11.9. The van der Waals surface area contributed by atoms with Gasteiger partial charge in [-0.3, -0.25) is 14.0 Å². The van der Waals surface area contributed by atoms with Crippen LogP contribution in [0, 0.1) is 6.92 Å². The van der Waals surface area contributed by atoms with Crippen LogP contribution >= 0.6 is 0 Å². The number of carbonyl (C=O) groups is 1. The Morgan fingerprint density at radius 1 is 1.00 bits per heavy atom. The zero-order valence-corrected chi connectivity index (χ0v) is 16.1. The summed E-state index contributed by atoms with van der Waals surface area (Å²) in [5, 5.41) is 3.03. The van der Waals surface area contributed by atoms with Crippen LogP contribution in [-0.2, 0) is 6.42 Å². The van der Waals surface area contributed by atoms with Crippen LogP contribution in [0.3, 0.4) is 0 Å². The number of hydrogen-bond acceptors (Lipinski definition) is 3. The largest absolute Gasteiger partial charge is 0.345 e. The molecule has 0 bridgehead atoms. The number of benzene rings is 2. The van der Waals surface area contributed by atoms with Gasteiger partial charge in [0.05, 0.1) is 6.04 Å². The predicted molar refractivity (Wildman–Crippen MR) is 113 cm³/mol. The van der Waals surface area contributed by atoms with E-state index < -0.39 is 5.91 Å². The number of amides is 1. The first-order valence-corrected chi connectivity index (χ1v) is 9.49. The van der Waals surface area contributed by atoms with Crippen LogP contribution in [0.15, 0.2) is 90.0 Å². The highest BCUT2D eigenvalue weighted by Gasteiger charge is 2.19. The molecule has 0 fully saturated rings. The van der Waals surface area contributed by atoms with Gasteiger partial charge in [-0.15, -0.1) is 0 Å². The zero-order chi connectivity index (χ0) is 20.2. The number of aryl methyl sites for hydroxylation is 1. The van der Waals surface area contributed by atoms with Crippen molar-refractivity contribution in [3.05, 3.63) is 118 Å². The van der Waals surface area contributed by atoms with Crippen LogP contribution in [0.4, 0.5) is 0 Å². The summed E-state index contributed by atoms with van der Waals surface area (Å²) >= 11 is 0. The van der Waals surface area contributed by atoms with Crippen molar-refractivity contribution in [3.63, 3.8) is 0 Å². The molecule has 0 aliphatic heterocycles. The lowest BCUT2D eigenvalue weighted by Gasteiger charge is -2.19. The minimum absolute atomic E-state index is 0.0297. The Kier molecular flexibility index (Phi) is 5.20. The maximum Gasteiger partial charge on any atom is 0.270 e. The van der Waals surface area contributed by atoms with Gasteiger partial charge in [0.1, 0.15) is 11.2 Å². The summed E-state index contributed by atoms with van der Waals surface area (Å²) in [6.07, 6.45) is 3.67. The highest BCUT2D eigenvalue weighted by molar-refractivity contribution is 5.94. The van der Waals surface area contributed by atoms with Crippen LogP contribution in [0.2, 0.25) is 0 Å². The monoisotopic (exact) mass is 383 g/mol. The molecule has 0 saturated carbocycles. The third-order valence-corrected chi connectivity index (χ3v) is 4.88. The Morgan fingerprint density at radius 3 is 2.41 bits per heavy atom. The van der Waals surface area contributed by atoms with E-state index in [-0.39, 0.29) is 17.2 Å². The highest BCUT2D eigenvalue weighted by atomic mass is 16.2. The fraction of sp³-hybridized carbons (Fsp3) is 0.125. The highest BCUT2D eigenvalue weighted by Crippen LogP contribution is 2.19. The van der Waals surface area contributed by atoms with Gasteiger partial charge in [0.2, 0.25) is 0 Å². The van der Waals surface area contributed by atoms with E-state index in [1.54, 1.807) is 12.3 Å². The van der Waals surface area contributed by atoms with Gasteiger partial charge < -0.3 is 5.32 Å². The molecule has 2 aromatic carbocycles. The van der Waals surface area contributed by atoms with Crippen LogP contribution in [0.5, 0.6) is 0 Å². The van der Waals surface area contributed by atoms with Crippen molar-refractivity contribution in [1.82, 2.24) is 14.7 Å². The summed E-state index contributed by atoms with van der Waals surface area (Å²) in [5.74, 6) is -0.428. The maximum atomic E-state index is 13.0. The number of hydrogen-bond donors (Lipinski definition) is 1. The Bertz CT molecular complexity index is 1200. The van der Waals surface area contributed by atoms with Crippen LogP contribution in [0.25, 0.3) is 5.65 Å². The first kappa shape index (κ1) is 18.6. The molecule has 1 amide bonds. The Labute approximate surface area is 168 Å². The van der Waals surface area contributed by atoms with Gasteiger partial charge in [-0.2, -0.15) is 0 Å². The maximum absolute atomic E-state index is 13.0. The fourth-order valence-electron chi connectivity index (χ4n) is 3.36. The predicted octanol–water partition coefficient (Wildman–Crippen LogP) is 3.72.